The second kappa shape index (κ2) is 9.63. The first-order chi connectivity index (χ1) is 12.6. The third-order valence-corrected chi connectivity index (χ3v) is 4.02. The Hall–Kier alpha value is -2.79. The van der Waals surface area contributed by atoms with E-state index < -0.39 is 6.10 Å². The van der Waals surface area contributed by atoms with Gasteiger partial charge in [-0.3, -0.25) is 4.79 Å². The highest BCUT2D eigenvalue weighted by molar-refractivity contribution is 5.82. The van der Waals surface area contributed by atoms with Crippen LogP contribution in [0.2, 0.25) is 0 Å². The number of rotatable bonds is 9. The van der Waals surface area contributed by atoms with Crippen LogP contribution in [0.25, 0.3) is 0 Å². The number of nitrogens with one attached hydrogen (secondary N) is 1. The summed E-state index contributed by atoms with van der Waals surface area (Å²) in [6.45, 7) is 4.13. The topological polar surface area (TPSA) is 56.8 Å². The Bertz CT molecular complexity index is 743. The van der Waals surface area contributed by atoms with Gasteiger partial charge in [-0.2, -0.15) is 0 Å². The first kappa shape index (κ1) is 19.5. The SMILES string of the molecule is C=CCc1cc(CNC(=O)C(OC)c2ccccc2)cc(OC)c1OC. The van der Waals surface area contributed by atoms with Gasteiger partial charge in [0, 0.05) is 19.2 Å². The Morgan fingerprint density at radius 2 is 1.88 bits per heavy atom. The first-order valence-electron chi connectivity index (χ1n) is 8.34. The molecule has 1 N–H and O–H groups in total. The summed E-state index contributed by atoms with van der Waals surface area (Å²) in [5, 5.41) is 2.92. The molecule has 26 heavy (non-hydrogen) atoms. The standard InChI is InChI=1S/C21H25NO4/c1-5-9-17-12-15(13-18(24-2)19(17)25-3)14-22-21(23)20(26-4)16-10-7-6-8-11-16/h5-8,10-13,20H,1,9,14H2,2-4H3,(H,22,23). The number of benzene rings is 2. The number of hydrogen-bond donors (Lipinski definition) is 1. The molecule has 2 aromatic carbocycles. The van der Waals surface area contributed by atoms with Crippen LogP contribution in [-0.4, -0.2) is 27.2 Å². The monoisotopic (exact) mass is 355 g/mol. The summed E-state index contributed by atoms with van der Waals surface area (Å²) >= 11 is 0. The number of carbonyl (C=O) groups excluding carboxylic acids is 1. The molecule has 0 heterocycles. The molecule has 0 spiro atoms. The van der Waals surface area contributed by atoms with Crippen LogP contribution < -0.4 is 14.8 Å². The van der Waals surface area contributed by atoms with Crippen LogP contribution in [0.3, 0.4) is 0 Å². The van der Waals surface area contributed by atoms with Gasteiger partial charge in [0.2, 0.25) is 0 Å². The van der Waals surface area contributed by atoms with E-state index in [1.54, 1.807) is 20.3 Å². The molecule has 0 bridgehead atoms. The van der Waals surface area contributed by atoms with Crippen molar-refractivity contribution in [3.63, 3.8) is 0 Å². The molecule has 138 valence electrons. The van der Waals surface area contributed by atoms with Gasteiger partial charge in [-0.1, -0.05) is 36.4 Å². The van der Waals surface area contributed by atoms with Crippen molar-refractivity contribution in [1.82, 2.24) is 5.32 Å². The second-order valence-corrected chi connectivity index (χ2v) is 5.73. The molecule has 0 saturated heterocycles. The molecule has 0 aliphatic carbocycles. The highest BCUT2D eigenvalue weighted by atomic mass is 16.5. The lowest BCUT2D eigenvalue weighted by Gasteiger charge is -2.17. The smallest absolute Gasteiger partial charge is 0.254 e. The van der Waals surface area contributed by atoms with E-state index in [4.69, 9.17) is 14.2 Å². The van der Waals surface area contributed by atoms with Gasteiger partial charge in [-0.25, -0.2) is 0 Å². The van der Waals surface area contributed by atoms with Gasteiger partial charge in [0.25, 0.3) is 5.91 Å². The van der Waals surface area contributed by atoms with Gasteiger partial charge in [-0.05, 0) is 29.7 Å². The molecule has 5 heteroatoms. The molecular weight excluding hydrogens is 330 g/mol. The van der Waals surface area contributed by atoms with E-state index in [0.717, 1.165) is 16.7 Å². The van der Waals surface area contributed by atoms with E-state index in [9.17, 15) is 4.79 Å². The van der Waals surface area contributed by atoms with Crippen molar-refractivity contribution >= 4 is 5.91 Å². The molecule has 0 aliphatic heterocycles. The van der Waals surface area contributed by atoms with Crippen molar-refractivity contribution in [2.24, 2.45) is 0 Å². The Labute approximate surface area is 154 Å². The molecule has 5 nitrogen and oxygen atoms in total. The van der Waals surface area contributed by atoms with Gasteiger partial charge >= 0.3 is 0 Å². The first-order valence-corrected chi connectivity index (χ1v) is 8.34. The number of amides is 1. The zero-order chi connectivity index (χ0) is 18.9. The minimum Gasteiger partial charge on any atom is -0.493 e. The number of allylic oxidation sites excluding steroid dienone is 1. The van der Waals surface area contributed by atoms with E-state index >= 15 is 0 Å². The fourth-order valence-corrected chi connectivity index (χ4v) is 2.82. The van der Waals surface area contributed by atoms with E-state index in [2.05, 4.69) is 11.9 Å². The van der Waals surface area contributed by atoms with Crippen molar-refractivity contribution in [2.75, 3.05) is 21.3 Å². The maximum atomic E-state index is 12.5. The summed E-state index contributed by atoms with van der Waals surface area (Å²) in [6.07, 6.45) is 1.80. The largest absolute Gasteiger partial charge is 0.493 e. The molecule has 1 amide bonds. The van der Waals surface area contributed by atoms with Crippen LogP contribution in [0, 0.1) is 0 Å². The Balaban J connectivity index is 2.16. The summed E-state index contributed by atoms with van der Waals surface area (Å²) in [7, 11) is 4.72. The van der Waals surface area contributed by atoms with Crippen LogP contribution in [-0.2, 0) is 22.5 Å². The number of ether oxygens (including phenoxy) is 3. The lowest BCUT2D eigenvalue weighted by Crippen LogP contribution is -2.30. The van der Waals surface area contributed by atoms with Crippen molar-refractivity contribution in [3.05, 3.63) is 71.8 Å². The van der Waals surface area contributed by atoms with Gasteiger partial charge < -0.3 is 19.5 Å². The molecule has 0 aromatic heterocycles. The predicted molar refractivity (Wildman–Crippen MR) is 101 cm³/mol. The molecule has 0 fully saturated rings. The fraction of sp³-hybridized carbons (Fsp3) is 0.286. The van der Waals surface area contributed by atoms with Crippen LogP contribution >= 0.6 is 0 Å². The average molecular weight is 355 g/mol. The van der Waals surface area contributed by atoms with Crippen molar-refractivity contribution in [2.45, 2.75) is 19.1 Å². The second-order valence-electron chi connectivity index (χ2n) is 5.73. The van der Waals surface area contributed by atoms with Crippen LogP contribution in [0.5, 0.6) is 11.5 Å². The maximum Gasteiger partial charge on any atom is 0.254 e. The van der Waals surface area contributed by atoms with Gasteiger partial charge in [0.05, 0.1) is 14.2 Å². The van der Waals surface area contributed by atoms with Crippen LogP contribution in [0.4, 0.5) is 0 Å². The molecule has 0 saturated carbocycles. The number of carbonyl (C=O) groups is 1. The van der Waals surface area contributed by atoms with E-state index in [0.29, 0.717) is 24.5 Å². The van der Waals surface area contributed by atoms with Gasteiger partial charge in [0.15, 0.2) is 17.6 Å². The number of methoxy groups -OCH3 is 3. The fourth-order valence-electron chi connectivity index (χ4n) is 2.82. The molecule has 0 aliphatic rings. The summed E-state index contributed by atoms with van der Waals surface area (Å²) in [5.41, 5.74) is 2.68. The molecular formula is C21H25NO4. The third-order valence-electron chi connectivity index (χ3n) is 4.02. The maximum absolute atomic E-state index is 12.5. The summed E-state index contributed by atoms with van der Waals surface area (Å²) in [5.74, 6) is 1.11. The lowest BCUT2D eigenvalue weighted by molar-refractivity contribution is -0.131. The molecule has 1 unspecified atom stereocenters. The zero-order valence-corrected chi connectivity index (χ0v) is 15.5. The Morgan fingerprint density at radius 1 is 1.15 bits per heavy atom. The van der Waals surface area contributed by atoms with E-state index in [1.165, 1.54) is 7.11 Å². The zero-order valence-electron chi connectivity index (χ0n) is 15.5. The van der Waals surface area contributed by atoms with Gasteiger partial charge in [-0.15, -0.1) is 6.58 Å². The predicted octanol–water partition coefficient (Wildman–Crippen LogP) is 3.44. The third kappa shape index (κ3) is 4.64. The summed E-state index contributed by atoms with van der Waals surface area (Å²) < 4.78 is 16.2. The highest BCUT2D eigenvalue weighted by Gasteiger charge is 2.20. The minimum atomic E-state index is -0.649. The normalized spacial score (nSPS) is 11.5. The number of hydrogen-bond acceptors (Lipinski definition) is 4. The molecule has 2 aromatic rings. The Morgan fingerprint density at radius 3 is 2.46 bits per heavy atom. The van der Waals surface area contributed by atoms with Gasteiger partial charge in [0.1, 0.15) is 0 Å². The minimum absolute atomic E-state index is 0.196. The summed E-state index contributed by atoms with van der Waals surface area (Å²) in [6, 6.07) is 13.2. The van der Waals surface area contributed by atoms with Crippen molar-refractivity contribution < 1.29 is 19.0 Å². The quantitative estimate of drug-likeness (QED) is 0.700. The molecule has 1 atom stereocenters. The van der Waals surface area contributed by atoms with Crippen molar-refractivity contribution in [1.29, 1.82) is 0 Å². The highest BCUT2D eigenvalue weighted by Crippen LogP contribution is 2.33. The molecule has 0 radical (unpaired) electrons. The van der Waals surface area contributed by atoms with E-state index in [-0.39, 0.29) is 5.91 Å². The van der Waals surface area contributed by atoms with E-state index in [1.807, 2.05) is 42.5 Å². The average Bonchev–Trinajstić information content (AvgIpc) is 2.67. The van der Waals surface area contributed by atoms with Crippen LogP contribution in [0.1, 0.15) is 22.8 Å². The summed E-state index contributed by atoms with van der Waals surface area (Å²) in [4.78, 5) is 12.5. The molecule has 2 rings (SSSR count). The van der Waals surface area contributed by atoms with Crippen LogP contribution in [0.15, 0.2) is 55.1 Å². The Kier molecular flexibility index (Phi) is 7.24. The van der Waals surface area contributed by atoms with Crippen molar-refractivity contribution in [3.8, 4) is 11.5 Å². The lowest BCUT2D eigenvalue weighted by atomic mass is 10.0.